The monoisotopic (exact) mass is 717 g/mol. The van der Waals surface area contributed by atoms with Crippen LogP contribution in [0.2, 0.25) is 5.02 Å². The number of halogens is 2. The first-order valence-electron chi connectivity index (χ1n) is 17.2. The summed E-state index contributed by atoms with van der Waals surface area (Å²) in [7, 11) is 1.78. The van der Waals surface area contributed by atoms with Crippen LogP contribution < -0.4 is 10.5 Å². The zero-order valence-electron chi connectivity index (χ0n) is 29.4. The van der Waals surface area contributed by atoms with Crippen molar-refractivity contribution >= 4 is 62.9 Å². The van der Waals surface area contributed by atoms with Gasteiger partial charge < -0.3 is 20.1 Å². The molecule has 6 rings (SSSR count). The average Bonchev–Trinajstić information content (AvgIpc) is 3.78. The highest BCUT2D eigenvalue weighted by molar-refractivity contribution is 7.11. The molecule has 0 spiro atoms. The van der Waals surface area contributed by atoms with Crippen LogP contribution in [-0.4, -0.2) is 45.0 Å². The van der Waals surface area contributed by atoms with E-state index in [1.54, 1.807) is 35.2 Å². The van der Waals surface area contributed by atoms with Crippen molar-refractivity contribution in [3.05, 3.63) is 97.0 Å². The van der Waals surface area contributed by atoms with Crippen LogP contribution in [0.15, 0.2) is 53.3 Å². The van der Waals surface area contributed by atoms with Crippen LogP contribution in [0.5, 0.6) is 5.75 Å². The number of nitrogens with zero attached hydrogens (tertiary/aromatic N) is 4. The zero-order valence-corrected chi connectivity index (χ0v) is 30.9. The largest absolute Gasteiger partial charge is 0.493 e. The van der Waals surface area contributed by atoms with Crippen LogP contribution >= 0.6 is 22.9 Å². The zero-order chi connectivity index (χ0) is 35.9. The molecule has 3 aromatic carbocycles. The molecule has 3 N–H and O–H groups in total. The number of carbonyl (C=O) groups is 1. The van der Waals surface area contributed by atoms with Gasteiger partial charge in [0.1, 0.15) is 22.3 Å². The number of nitrogens with two attached hydrogens (primary N) is 1. The lowest BCUT2D eigenvalue weighted by Crippen LogP contribution is -2.10. The molecule has 0 atom stereocenters. The summed E-state index contributed by atoms with van der Waals surface area (Å²) < 4.78 is 22.4. The van der Waals surface area contributed by atoms with Crippen molar-refractivity contribution in [3.8, 4) is 5.75 Å². The molecular weight excluding hydrogens is 673 g/mol. The molecule has 3 heterocycles. The molecule has 0 aliphatic carbocycles. The van der Waals surface area contributed by atoms with E-state index in [9.17, 15) is 14.3 Å². The van der Waals surface area contributed by atoms with E-state index in [4.69, 9.17) is 22.1 Å². The van der Waals surface area contributed by atoms with E-state index < -0.39 is 5.97 Å². The maximum Gasteiger partial charge on any atom is 0.352 e. The van der Waals surface area contributed by atoms with E-state index in [1.165, 1.54) is 17.0 Å². The lowest BCUT2D eigenvalue weighted by molar-refractivity contribution is 0.0685. The van der Waals surface area contributed by atoms with Crippen molar-refractivity contribution in [1.82, 2.24) is 14.6 Å². The Bertz CT molecular complexity index is 2070. The van der Waals surface area contributed by atoms with Crippen molar-refractivity contribution in [1.29, 1.82) is 0 Å². The molecule has 1 saturated heterocycles. The standard InChI is InChI=1S/C37H39ClFN5O3S.C2H6/c1-4-41-44-15-5-7-26(44)20-30-31(38)13-12-29-28(36(37(45)46)43(3)35(29)30)8-6-16-47-32-18-23(17-24-19-25(39)10-11-27(24)32)9-14-33-22(2)42-34(21-40)48-33;1-2/h4,10-13,17-20H,5-9,14-16,21,40H2,1-3H3,(H,45,46);1-2H3/b26-20+,41-4+;. The lowest BCUT2D eigenvalue weighted by Gasteiger charge is -2.14. The number of aromatic carboxylic acids is 1. The van der Waals surface area contributed by atoms with E-state index in [2.05, 4.69) is 10.1 Å². The van der Waals surface area contributed by atoms with Crippen LogP contribution in [0.1, 0.15) is 82.8 Å². The predicted octanol–water partition coefficient (Wildman–Crippen LogP) is 9.31. The van der Waals surface area contributed by atoms with Gasteiger partial charge in [0.05, 0.1) is 17.8 Å². The second kappa shape index (κ2) is 16.6. The Morgan fingerprint density at radius 3 is 2.66 bits per heavy atom. The maximum absolute atomic E-state index is 14.3. The van der Waals surface area contributed by atoms with Crippen LogP contribution in [-0.2, 0) is 32.9 Å². The molecule has 11 heteroatoms. The van der Waals surface area contributed by atoms with Gasteiger partial charge in [-0.05, 0) is 105 Å². The number of hydrogen-bond donors (Lipinski definition) is 2. The van der Waals surface area contributed by atoms with E-state index in [0.29, 0.717) is 36.8 Å². The minimum absolute atomic E-state index is 0.237. The van der Waals surface area contributed by atoms with Crippen molar-refractivity contribution in [2.75, 3.05) is 13.2 Å². The van der Waals surface area contributed by atoms with Gasteiger partial charge in [-0.3, -0.25) is 5.01 Å². The third-order valence-electron chi connectivity index (χ3n) is 8.87. The van der Waals surface area contributed by atoms with Gasteiger partial charge in [0.25, 0.3) is 0 Å². The highest BCUT2D eigenvalue weighted by Crippen LogP contribution is 2.37. The fourth-order valence-corrected chi connectivity index (χ4v) is 7.84. The molecule has 0 bridgehead atoms. The van der Waals surface area contributed by atoms with Gasteiger partial charge in [0.15, 0.2) is 0 Å². The average molecular weight is 718 g/mol. The molecule has 8 nitrogen and oxygen atoms in total. The van der Waals surface area contributed by atoms with Crippen LogP contribution in [0.4, 0.5) is 4.39 Å². The second-order valence-electron chi connectivity index (χ2n) is 12.0. The summed E-state index contributed by atoms with van der Waals surface area (Å²) in [4.78, 5) is 18.3. The number of thiazole rings is 1. The number of hydrogen-bond acceptors (Lipinski definition) is 7. The van der Waals surface area contributed by atoms with Crippen LogP contribution in [0.3, 0.4) is 0 Å². The van der Waals surface area contributed by atoms with E-state index in [0.717, 1.165) is 87.0 Å². The summed E-state index contributed by atoms with van der Waals surface area (Å²) in [5.41, 5.74) is 11.4. The van der Waals surface area contributed by atoms with Gasteiger partial charge in [-0.2, -0.15) is 5.10 Å². The topological polar surface area (TPSA) is 106 Å². The first-order chi connectivity index (χ1) is 24.2. The summed E-state index contributed by atoms with van der Waals surface area (Å²) in [5.74, 6) is -0.616. The van der Waals surface area contributed by atoms with Crippen LogP contribution in [0.25, 0.3) is 27.8 Å². The maximum atomic E-state index is 14.3. The highest BCUT2D eigenvalue weighted by atomic mass is 35.5. The summed E-state index contributed by atoms with van der Waals surface area (Å²) in [6.07, 6.45) is 8.28. The second-order valence-corrected chi connectivity index (χ2v) is 13.6. The Morgan fingerprint density at radius 2 is 1.94 bits per heavy atom. The number of rotatable bonds is 12. The minimum atomic E-state index is -0.993. The molecule has 0 radical (unpaired) electrons. The molecule has 1 aliphatic heterocycles. The van der Waals surface area contributed by atoms with E-state index in [1.807, 2.05) is 63.0 Å². The van der Waals surface area contributed by atoms with Crippen molar-refractivity contribution in [3.63, 3.8) is 0 Å². The first kappa shape index (κ1) is 37.0. The van der Waals surface area contributed by atoms with Gasteiger partial charge in [-0.25, -0.2) is 14.2 Å². The number of fused-ring (bicyclic) bond motifs is 2. The molecule has 264 valence electrons. The summed E-state index contributed by atoms with van der Waals surface area (Å²) >= 11 is 8.38. The predicted molar refractivity (Wildman–Crippen MR) is 204 cm³/mol. The normalized spacial score (nSPS) is 13.9. The molecular formula is C39H45ClFN5O3S. The number of carboxylic acids is 1. The Kier molecular flexibility index (Phi) is 12.3. The fraction of sp³-hybridized carbons (Fsp3) is 0.359. The number of hydrazone groups is 1. The van der Waals surface area contributed by atoms with Gasteiger partial charge in [-0.1, -0.05) is 37.6 Å². The van der Waals surface area contributed by atoms with Crippen molar-refractivity contribution in [2.45, 2.75) is 72.8 Å². The molecule has 5 aromatic rings. The molecule has 0 amide bonds. The van der Waals surface area contributed by atoms with Crippen molar-refractivity contribution < 1.29 is 19.0 Å². The molecule has 2 aromatic heterocycles. The molecule has 50 heavy (non-hydrogen) atoms. The Hall–Kier alpha value is -4.25. The number of aromatic nitrogens is 2. The minimum Gasteiger partial charge on any atom is -0.493 e. The van der Waals surface area contributed by atoms with E-state index >= 15 is 0 Å². The molecule has 0 saturated carbocycles. The first-order valence-corrected chi connectivity index (χ1v) is 18.4. The summed E-state index contributed by atoms with van der Waals surface area (Å²) in [5, 5.41) is 20.7. The Morgan fingerprint density at radius 1 is 1.16 bits per heavy atom. The van der Waals surface area contributed by atoms with E-state index in [-0.39, 0.29) is 11.5 Å². The summed E-state index contributed by atoms with van der Waals surface area (Å²) in [6, 6.07) is 12.5. The third-order valence-corrected chi connectivity index (χ3v) is 10.4. The Balaban J connectivity index is 0.00000239. The van der Waals surface area contributed by atoms with Gasteiger partial charge in [-0.15, -0.1) is 11.3 Å². The number of allylic oxidation sites excluding steroid dienone is 1. The number of aryl methyl sites for hydroxylation is 5. The Labute approximate surface area is 302 Å². The van der Waals surface area contributed by atoms with Gasteiger partial charge in [0, 0.05) is 58.3 Å². The number of ether oxygens (including phenoxy) is 1. The molecule has 1 fully saturated rings. The summed E-state index contributed by atoms with van der Waals surface area (Å²) in [6.45, 7) is 9.49. The number of carboxylic acid groups (broad SMARTS) is 1. The molecule has 1 aliphatic rings. The lowest BCUT2D eigenvalue weighted by atomic mass is 10.0. The molecule has 0 unspecified atom stereocenters. The van der Waals surface area contributed by atoms with Gasteiger partial charge in [0.2, 0.25) is 0 Å². The third kappa shape index (κ3) is 7.88. The van der Waals surface area contributed by atoms with Crippen LogP contribution in [0, 0.1) is 12.7 Å². The highest BCUT2D eigenvalue weighted by Gasteiger charge is 2.24. The van der Waals surface area contributed by atoms with Crippen molar-refractivity contribution in [2.24, 2.45) is 17.9 Å². The number of benzene rings is 3. The smallest absolute Gasteiger partial charge is 0.352 e. The quantitative estimate of drug-likeness (QED) is 0.0985. The van der Waals surface area contributed by atoms with Gasteiger partial charge >= 0.3 is 5.97 Å². The SMILES string of the molecule is C/C=N/N1CCC/C1=C\c1c(Cl)ccc2c(CCCOc3cc(CCc4sc(CN)nc4C)cc4cc(F)ccc34)c(C(=O)O)n(C)c12.CC. The fourth-order valence-electron chi connectivity index (χ4n) is 6.69.